The summed E-state index contributed by atoms with van der Waals surface area (Å²) in [6, 6.07) is 0. The quantitative estimate of drug-likeness (QED) is 0.850. The lowest BCUT2D eigenvalue weighted by molar-refractivity contribution is 0.0169. The molecule has 5 nitrogen and oxygen atoms in total. The van der Waals surface area contributed by atoms with Crippen LogP contribution in [0.2, 0.25) is 0 Å². The van der Waals surface area contributed by atoms with Crippen molar-refractivity contribution >= 4 is 11.3 Å². The van der Waals surface area contributed by atoms with Gasteiger partial charge in [-0.2, -0.15) is 5.10 Å². The van der Waals surface area contributed by atoms with Crippen molar-refractivity contribution in [2.45, 2.75) is 31.8 Å². The number of ether oxygens (including phenoxy) is 1. The first-order valence-corrected chi connectivity index (χ1v) is 6.02. The van der Waals surface area contributed by atoms with Crippen LogP contribution >= 0.6 is 0 Å². The van der Waals surface area contributed by atoms with E-state index in [1.165, 1.54) is 12.8 Å². The molecule has 1 aliphatic rings. The molecule has 2 aromatic heterocycles. The van der Waals surface area contributed by atoms with Crippen LogP contribution in [0, 0.1) is 0 Å². The molecule has 0 aromatic carbocycles. The number of hydrogen-bond donors (Lipinski definition) is 1. The molecular formula is C12H16N4O. The summed E-state index contributed by atoms with van der Waals surface area (Å²) in [4.78, 5) is 4.33. The van der Waals surface area contributed by atoms with Gasteiger partial charge in [0.1, 0.15) is 0 Å². The number of hydrogen-bond acceptors (Lipinski definition) is 4. The van der Waals surface area contributed by atoms with Gasteiger partial charge >= 0.3 is 0 Å². The summed E-state index contributed by atoms with van der Waals surface area (Å²) >= 11 is 0. The summed E-state index contributed by atoms with van der Waals surface area (Å²) in [7, 11) is 0. The summed E-state index contributed by atoms with van der Waals surface area (Å²) in [5.74, 6) is 0. The lowest BCUT2D eigenvalue weighted by Crippen LogP contribution is -2.21. The number of nitrogen functional groups attached to an aromatic ring is 1. The van der Waals surface area contributed by atoms with E-state index in [4.69, 9.17) is 10.5 Å². The molecule has 2 aromatic rings. The Balaban J connectivity index is 1.84. The third kappa shape index (κ3) is 2.10. The molecule has 17 heavy (non-hydrogen) atoms. The van der Waals surface area contributed by atoms with E-state index in [1.807, 2.05) is 6.20 Å². The van der Waals surface area contributed by atoms with Crippen LogP contribution in [0.3, 0.4) is 0 Å². The maximum atomic E-state index is 5.73. The first-order valence-electron chi connectivity index (χ1n) is 6.02. The van der Waals surface area contributed by atoms with Gasteiger partial charge in [-0.1, -0.05) is 0 Å². The largest absolute Gasteiger partial charge is 0.396 e. The van der Waals surface area contributed by atoms with E-state index < -0.39 is 0 Å². The molecule has 1 unspecified atom stereocenters. The van der Waals surface area contributed by atoms with Crippen LogP contribution in [0.1, 0.15) is 24.8 Å². The molecule has 1 aliphatic heterocycles. The zero-order valence-corrected chi connectivity index (χ0v) is 9.67. The minimum Gasteiger partial charge on any atom is -0.396 e. The Labute approximate surface area is 99.6 Å². The van der Waals surface area contributed by atoms with Crippen molar-refractivity contribution in [2.75, 3.05) is 12.3 Å². The molecule has 1 fully saturated rings. The standard InChI is InChI=1S/C12H16N4O/c13-10-7-14-12-9(6-15-16(12)8-10)5-11-3-1-2-4-17-11/h6-8,11H,1-5,13H2. The summed E-state index contributed by atoms with van der Waals surface area (Å²) in [5, 5.41) is 4.26. The highest BCUT2D eigenvalue weighted by atomic mass is 16.5. The van der Waals surface area contributed by atoms with E-state index in [9.17, 15) is 0 Å². The molecule has 3 heterocycles. The molecule has 3 rings (SSSR count). The Morgan fingerprint density at radius 1 is 1.41 bits per heavy atom. The second kappa shape index (κ2) is 4.33. The highest BCUT2D eigenvalue weighted by Crippen LogP contribution is 2.19. The zero-order valence-electron chi connectivity index (χ0n) is 9.67. The average molecular weight is 232 g/mol. The molecule has 0 spiro atoms. The second-order valence-corrected chi connectivity index (χ2v) is 4.52. The summed E-state index contributed by atoms with van der Waals surface area (Å²) in [5.41, 5.74) is 8.31. The van der Waals surface area contributed by atoms with E-state index in [1.54, 1.807) is 16.9 Å². The van der Waals surface area contributed by atoms with Crippen molar-refractivity contribution in [3.8, 4) is 0 Å². The Hall–Kier alpha value is -1.62. The van der Waals surface area contributed by atoms with Crippen LogP contribution in [-0.4, -0.2) is 27.3 Å². The van der Waals surface area contributed by atoms with Crippen molar-refractivity contribution < 1.29 is 4.74 Å². The van der Waals surface area contributed by atoms with E-state index in [0.29, 0.717) is 11.8 Å². The lowest BCUT2D eigenvalue weighted by Gasteiger charge is -2.21. The van der Waals surface area contributed by atoms with Gasteiger partial charge in [-0.15, -0.1) is 0 Å². The highest BCUT2D eigenvalue weighted by Gasteiger charge is 2.17. The van der Waals surface area contributed by atoms with Crippen LogP contribution in [0.15, 0.2) is 18.6 Å². The van der Waals surface area contributed by atoms with Crippen LogP contribution in [0.4, 0.5) is 5.69 Å². The molecule has 0 radical (unpaired) electrons. The van der Waals surface area contributed by atoms with Crippen molar-refractivity contribution in [1.29, 1.82) is 0 Å². The number of rotatable bonds is 2. The fraction of sp³-hybridized carbons (Fsp3) is 0.500. The number of anilines is 1. The van der Waals surface area contributed by atoms with Crippen molar-refractivity contribution in [3.63, 3.8) is 0 Å². The highest BCUT2D eigenvalue weighted by molar-refractivity contribution is 5.49. The van der Waals surface area contributed by atoms with Gasteiger partial charge in [0.15, 0.2) is 5.65 Å². The third-order valence-corrected chi connectivity index (χ3v) is 3.17. The van der Waals surface area contributed by atoms with E-state index in [-0.39, 0.29) is 0 Å². The molecule has 5 heteroatoms. The minimum atomic E-state index is 0.316. The third-order valence-electron chi connectivity index (χ3n) is 3.17. The molecule has 0 amide bonds. The van der Waals surface area contributed by atoms with Gasteiger partial charge in [-0.25, -0.2) is 9.50 Å². The van der Waals surface area contributed by atoms with E-state index in [0.717, 1.165) is 30.7 Å². The Kier molecular flexibility index (Phi) is 2.68. The lowest BCUT2D eigenvalue weighted by atomic mass is 10.0. The zero-order chi connectivity index (χ0) is 11.7. The average Bonchev–Trinajstić information content (AvgIpc) is 2.73. The molecular weight excluding hydrogens is 216 g/mol. The summed E-state index contributed by atoms with van der Waals surface area (Å²) < 4.78 is 7.46. The van der Waals surface area contributed by atoms with Gasteiger partial charge in [0.05, 0.1) is 30.4 Å². The van der Waals surface area contributed by atoms with Gasteiger partial charge in [0.2, 0.25) is 0 Å². The molecule has 2 N–H and O–H groups in total. The van der Waals surface area contributed by atoms with Crippen molar-refractivity contribution in [2.24, 2.45) is 0 Å². The van der Waals surface area contributed by atoms with Gasteiger partial charge < -0.3 is 10.5 Å². The van der Waals surface area contributed by atoms with Gasteiger partial charge in [-0.3, -0.25) is 0 Å². The van der Waals surface area contributed by atoms with Gasteiger partial charge in [0, 0.05) is 18.6 Å². The monoisotopic (exact) mass is 232 g/mol. The fourth-order valence-electron chi connectivity index (χ4n) is 2.30. The van der Waals surface area contributed by atoms with E-state index in [2.05, 4.69) is 10.1 Å². The molecule has 0 aliphatic carbocycles. The summed E-state index contributed by atoms with van der Waals surface area (Å²) in [6.45, 7) is 0.879. The number of fused-ring (bicyclic) bond motifs is 1. The first kappa shape index (κ1) is 10.5. The van der Waals surface area contributed by atoms with E-state index >= 15 is 0 Å². The van der Waals surface area contributed by atoms with Crippen LogP contribution < -0.4 is 5.73 Å². The van der Waals surface area contributed by atoms with Crippen molar-refractivity contribution in [1.82, 2.24) is 14.6 Å². The Morgan fingerprint density at radius 3 is 3.18 bits per heavy atom. The molecule has 1 atom stereocenters. The smallest absolute Gasteiger partial charge is 0.158 e. The van der Waals surface area contributed by atoms with Crippen LogP contribution in [0.25, 0.3) is 5.65 Å². The van der Waals surface area contributed by atoms with Crippen molar-refractivity contribution in [3.05, 3.63) is 24.2 Å². The summed E-state index contributed by atoms with van der Waals surface area (Å²) in [6.07, 6.45) is 10.1. The van der Waals surface area contributed by atoms with Crippen LogP contribution in [-0.2, 0) is 11.2 Å². The molecule has 0 bridgehead atoms. The Morgan fingerprint density at radius 2 is 2.35 bits per heavy atom. The topological polar surface area (TPSA) is 65.4 Å². The molecule has 1 saturated heterocycles. The van der Waals surface area contributed by atoms with Crippen LogP contribution in [0.5, 0.6) is 0 Å². The number of aromatic nitrogens is 3. The first-order chi connectivity index (χ1) is 8.33. The fourth-order valence-corrected chi connectivity index (χ4v) is 2.30. The normalized spacial score (nSPS) is 20.8. The SMILES string of the molecule is Nc1cnc2c(CC3CCCCO3)cnn2c1. The molecule has 90 valence electrons. The minimum absolute atomic E-state index is 0.316. The predicted octanol–water partition coefficient (Wildman–Crippen LogP) is 1.42. The number of nitrogens with zero attached hydrogens (tertiary/aromatic N) is 3. The van der Waals surface area contributed by atoms with Gasteiger partial charge in [0.25, 0.3) is 0 Å². The molecule has 0 saturated carbocycles. The maximum absolute atomic E-state index is 5.73. The maximum Gasteiger partial charge on any atom is 0.158 e. The number of nitrogens with two attached hydrogens (primary N) is 1. The Bertz CT molecular complexity index is 516. The van der Waals surface area contributed by atoms with Gasteiger partial charge in [-0.05, 0) is 19.3 Å². The predicted molar refractivity (Wildman–Crippen MR) is 64.7 cm³/mol. The second-order valence-electron chi connectivity index (χ2n) is 4.52.